The standard InChI is InChI=1S/C24H26N2O6/c1-13(27)20-11-14(3-9-18(20)23(29)30)15-4-10-19(24(31)32)21(12-15)22(28)26-17-7-5-16(25-2)6-8-17/h3-4,9-12,16-17,25H,5-8H2,1-2H3,(H,26,28)(H,29,30)(H,31,32). The molecule has 1 aliphatic carbocycles. The van der Waals surface area contributed by atoms with Crippen molar-refractivity contribution in [2.45, 2.75) is 44.7 Å². The van der Waals surface area contributed by atoms with E-state index in [0.717, 1.165) is 25.7 Å². The van der Waals surface area contributed by atoms with Crippen LogP contribution in [0.1, 0.15) is 74.0 Å². The zero-order valence-electron chi connectivity index (χ0n) is 18.0. The summed E-state index contributed by atoms with van der Waals surface area (Å²) in [5, 5.41) is 25.0. The molecule has 1 fully saturated rings. The lowest BCUT2D eigenvalue weighted by Gasteiger charge is -2.29. The maximum atomic E-state index is 13.0. The SMILES string of the molecule is CNC1CCC(NC(=O)c2cc(-c3ccc(C(=O)O)c(C(C)=O)c3)ccc2C(=O)O)CC1. The monoisotopic (exact) mass is 438 g/mol. The van der Waals surface area contributed by atoms with Gasteiger partial charge in [-0.3, -0.25) is 9.59 Å². The van der Waals surface area contributed by atoms with E-state index >= 15 is 0 Å². The number of hydrogen-bond acceptors (Lipinski definition) is 5. The molecule has 0 saturated heterocycles. The van der Waals surface area contributed by atoms with Crippen LogP contribution in [0.25, 0.3) is 11.1 Å². The number of benzene rings is 2. The molecule has 168 valence electrons. The van der Waals surface area contributed by atoms with Gasteiger partial charge in [0.1, 0.15) is 0 Å². The lowest BCUT2D eigenvalue weighted by Crippen LogP contribution is -2.41. The molecular formula is C24H26N2O6. The van der Waals surface area contributed by atoms with Crippen LogP contribution in [0, 0.1) is 0 Å². The Labute approximate surface area is 185 Å². The van der Waals surface area contributed by atoms with Gasteiger partial charge in [0, 0.05) is 17.6 Å². The van der Waals surface area contributed by atoms with E-state index in [-0.39, 0.29) is 28.3 Å². The van der Waals surface area contributed by atoms with Crippen molar-refractivity contribution in [2.24, 2.45) is 0 Å². The van der Waals surface area contributed by atoms with E-state index in [1.54, 1.807) is 0 Å². The first-order chi connectivity index (χ1) is 15.2. The number of aromatic carboxylic acids is 2. The van der Waals surface area contributed by atoms with Crippen LogP contribution in [0.5, 0.6) is 0 Å². The number of nitrogens with one attached hydrogen (secondary N) is 2. The molecule has 32 heavy (non-hydrogen) atoms. The molecule has 1 aliphatic rings. The van der Waals surface area contributed by atoms with Crippen LogP contribution in [-0.4, -0.2) is 53.0 Å². The van der Waals surface area contributed by atoms with Crippen molar-refractivity contribution < 1.29 is 29.4 Å². The second-order valence-corrected chi connectivity index (χ2v) is 8.00. The number of carbonyl (C=O) groups excluding carboxylic acids is 2. The van der Waals surface area contributed by atoms with Crippen molar-refractivity contribution in [3.05, 3.63) is 58.7 Å². The summed E-state index contributed by atoms with van der Waals surface area (Å²) in [5.41, 5.74) is 0.865. The van der Waals surface area contributed by atoms with Gasteiger partial charge >= 0.3 is 11.9 Å². The lowest BCUT2D eigenvalue weighted by atomic mass is 9.90. The van der Waals surface area contributed by atoms with Crippen molar-refractivity contribution >= 4 is 23.6 Å². The topological polar surface area (TPSA) is 133 Å². The number of carboxylic acid groups (broad SMARTS) is 2. The summed E-state index contributed by atoms with van der Waals surface area (Å²) in [6.07, 6.45) is 3.46. The molecule has 0 radical (unpaired) electrons. The molecule has 8 heteroatoms. The minimum atomic E-state index is -1.22. The maximum absolute atomic E-state index is 13.0. The van der Waals surface area contributed by atoms with Crippen LogP contribution < -0.4 is 10.6 Å². The molecule has 0 aliphatic heterocycles. The third kappa shape index (κ3) is 5.03. The van der Waals surface area contributed by atoms with E-state index in [1.807, 2.05) is 7.05 Å². The van der Waals surface area contributed by atoms with E-state index in [2.05, 4.69) is 10.6 Å². The lowest BCUT2D eigenvalue weighted by molar-refractivity contribution is 0.0682. The van der Waals surface area contributed by atoms with Crippen molar-refractivity contribution in [3.8, 4) is 11.1 Å². The van der Waals surface area contributed by atoms with E-state index in [0.29, 0.717) is 17.2 Å². The number of rotatable bonds is 7. The highest BCUT2D eigenvalue weighted by molar-refractivity contribution is 6.07. The van der Waals surface area contributed by atoms with Gasteiger partial charge in [-0.15, -0.1) is 0 Å². The average molecular weight is 438 g/mol. The van der Waals surface area contributed by atoms with Gasteiger partial charge in [0.05, 0.1) is 16.7 Å². The van der Waals surface area contributed by atoms with Crippen LogP contribution in [0.2, 0.25) is 0 Å². The highest BCUT2D eigenvalue weighted by Gasteiger charge is 2.24. The summed E-state index contributed by atoms with van der Waals surface area (Å²) in [7, 11) is 1.91. The van der Waals surface area contributed by atoms with Crippen LogP contribution in [0.3, 0.4) is 0 Å². The number of hydrogen-bond donors (Lipinski definition) is 4. The van der Waals surface area contributed by atoms with Gasteiger partial charge in [0.25, 0.3) is 5.91 Å². The fraction of sp³-hybridized carbons (Fsp3) is 0.333. The fourth-order valence-corrected chi connectivity index (χ4v) is 4.09. The Hall–Kier alpha value is -3.52. The average Bonchev–Trinajstić information content (AvgIpc) is 2.78. The third-order valence-electron chi connectivity index (χ3n) is 5.93. The van der Waals surface area contributed by atoms with Crippen LogP contribution >= 0.6 is 0 Å². The van der Waals surface area contributed by atoms with Gasteiger partial charge < -0.3 is 20.8 Å². The highest BCUT2D eigenvalue weighted by Crippen LogP contribution is 2.27. The molecular weight excluding hydrogens is 412 g/mol. The number of carboxylic acids is 2. The van der Waals surface area contributed by atoms with Gasteiger partial charge in [0.15, 0.2) is 5.78 Å². The molecule has 8 nitrogen and oxygen atoms in total. The van der Waals surface area contributed by atoms with Gasteiger partial charge in [0.2, 0.25) is 0 Å². The van der Waals surface area contributed by atoms with Gasteiger partial charge in [-0.1, -0.05) is 12.1 Å². The summed E-state index contributed by atoms with van der Waals surface area (Å²) in [4.78, 5) is 48.0. The predicted octanol–water partition coefficient (Wildman–Crippen LogP) is 3.21. The molecule has 0 bridgehead atoms. The molecule has 1 amide bonds. The van der Waals surface area contributed by atoms with Gasteiger partial charge in [-0.25, -0.2) is 9.59 Å². The molecule has 2 aromatic carbocycles. The Morgan fingerprint density at radius 1 is 0.750 bits per heavy atom. The zero-order valence-corrected chi connectivity index (χ0v) is 18.0. The quantitative estimate of drug-likeness (QED) is 0.488. The van der Waals surface area contributed by atoms with E-state index in [1.165, 1.54) is 43.3 Å². The predicted molar refractivity (Wildman–Crippen MR) is 118 cm³/mol. The van der Waals surface area contributed by atoms with Crippen molar-refractivity contribution in [1.29, 1.82) is 0 Å². The van der Waals surface area contributed by atoms with Crippen molar-refractivity contribution in [1.82, 2.24) is 10.6 Å². The molecule has 0 spiro atoms. The number of carbonyl (C=O) groups is 4. The minimum Gasteiger partial charge on any atom is -0.478 e. The molecule has 0 aromatic heterocycles. The zero-order chi connectivity index (χ0) is 23.4. The summed E-state index contributed by atoms with van der Waals surface area (Å²) >= 11 is 0. The number of Topliss-reactive ketones (excluding diaryl/α,β-unsaturated/α-hetero) is 1. The molecule has 4 N–H and O–H groups in total. The summed E-state index contributed by atoms with van der Waals surface area (Å²) in [6, 6.07) is 9.06. The maximum Gasteiger partial charge on any atom is 0.336 e. The normalized spacial score (nSPS) is 18.1. The van der Waals surface area contributed by atoms with E-state index < -0.39 is 23.6 Å². The summed E-state index contributed by atoms with van der Waals surface area (Å²) < 4.78 is 0. The van der Waals surface area contributed by atoms with Crippen LogP contribution in [-0.2, 0) is 0 Å². The van der Waals surface area contributed by atoms with Gasteiger partial charge in [-0.2, -0.15) is 0 Å². The van der Waals surface area contributed by atoms with Crippen molar-refractivity contribution in [2.75, 3.05) is 7.05 Å². The Bertz CT molecular complexity index is 1070. The second-order valence-electron chi connectivity index (χ2n) is 8.00. The Morgan fingerprint density at radius 3 is 1.69 bits per heavy atom. The first-order valence-corrected chi connectivity index (χ1v) is 10.5. The highest BCUT2D eigenvalue weighted by atomic mass is 16.4. The Kier molecular flexibility index (Phi) is 7.05. The van der Waals surface area contributed by atoms with Crippen LogP contribution in [0.4, 0.5) is 0 Å². The third-order valence-corrected chi connectivity index (χ3v) is 5.93. The first kappa shape index (κ1) is 23.1. The summed E-state index contributed by atoms with van der Waals surface area (Å²) in [5.74, 6) is -3.30. The molecule has 0 unspecified atom stereocenters. The largest absolute Gasteiger partial charge is 0.478 e. The van der Waals surface area contributed by atoms with E-state index in [9.17, 15) is 29.4 Å². The molecule has 2 aromatic rings. The van der Waals surface area contributed by atoms with Crippen LogP contribution in [0.15, 0.2) is 36.4 Å². The smallest absolute Gasteiger partial charge is 0.336 e. The summed E-state index contributed by atoms with van der Waals surface area (Å²) in [6.45, 7) is 1.28. The number of amides is 1. The second kappa shape index (κ2) is 9.74. The Balaban J connectivity index is 1.94. The van der Waals surface area contributed by atoms with Gasteiger partial charge in [-0.05, 0) is 75.0 Å². The molecule has 0 heterocycles. The minimum absolute atomic E-state index is 0.0254. The van der Waals surface area contributed by atoms with Crippen molar-refractivity contribution in [3.63, 3.8) is 0 Å². The molecule has 3 rings (SSSR count). The fourth-order valence-electron chi connectivity index (χ4n) is 4.09. The molecule has 0 atom stereocenters. The van der Waals surface area contributed by atoms with E-state index in [4.69, 9.17) is 0 Å². The number of ketones is 1. The Morgan fingerprint density at radius 2 is 1.22 bits per heavy atom. The first-order valence-electron chi connectivity index (χ1n) is 10.5. The molecule has 1 saturated carbocycles.